The van der Waals surface area contributed by atoms with Crippen molar-refractivity contribution < 1.29 is 0 Å². The van der Waals surface area contributed by atoms with E-state index in [-0.39, 0.29) is 0 Å². The Bertz CT molecular complexity index is 461. The van der Waals surface area contributed by atoms with Crippen LogP contribution in [-0.4, -0.2) is 30.6 Å². The summed E-state index contributed by atoms with van der Waals surface area (Å²) in [5.41, 5.74) is 1.61. The Balaban J connectivity index is 1.97. The molecule has 0 saturated carbocycles. The van der Waals surface area contributed by atoms with E-state index in [0.29, 0.717) is 11.6 Å². The minimum atomic E-state index is 0.347. The van der Waals surface area contributed by atoms with Crippen LogP contribution in [0.3, 0.4) is 0 Å². The fourth-order valence-electron chi connectivity index (χ4n) is 2.60. The van der Waals surface area contributed by atoms with Crippen molar-refractivity contribution in [3.63, 3.8) is 0 Å². The van der Waals surface area contributed by atoms with Gasteiger partial charge < -0.3 is 10.2 Å². The zero-order chi connectivity index (χ0) is 13.7. The molecule has 102 valence electrons. The van der Waals surface area contributed by atoms with E-state index in [1.165, 1.54) is 32.4 Å². The maximum absolute atomic E-state index is 9.20. The zero-order valence-electron chi connectivity index (χ0n) is 11.3. The van der Waals surface area contributed by atoms with Crippen molar-refractivity contribution in [2.24, 2.45) is 0 Å². The molecule has 0 aromatic heterocycles. The second kappa shape index (κ2) is 6.93. The molecule has 1 N–H and O–H groups in total. The molecule has 1 unspecified atom stereocenters. The van der Waals surface area contributed by atoms with Gasteiger partial charge in [0.15, 0.2) is 0 Å². The normalized spacial score (nSPS) is 17.7. The molecule has 1 aromatic carbocycles. The summed E-state index contributed by atoms with van der Waals surface area (Å²) in [6.45, 7) is 5.62. The summed E-state index contributed by atoms with van der Waals surface area (Å²) in [7, 11) is 0. The molecule has 2 rings (SSSR count). The molecule has 1 saturated heterocycles. The van der Waals surface area contributed by atoms with Gasteiger partial charge in [-0.1, -0.05) is 12.5 Å². The smallest absolute Gasteiger partial charge is 0.103 e. The van der Waals surface area contributed by atoms with E-state index in [1.807, 2.05) is 18.2 Å². The number of rotatable bonds is 4. The molecule has 1 aliphatic heterocycles. The molecular formula is C15H20BrN3. The van der Waals surface area contributed by atoms with Crippen LogP contribution in [0.25, 0.3) is 0 Å². The predicted octanol–water partition coefficient (Wildman–Crippen LogP) is 3.61. The summed E-state index contributed by atoms with van der Waals surface area (Å²) in [6.07, 6.45) is 3.99. The number of nitriles is 1. The van der Waals surface area contributed by atoms with Gasteiger partial charge in [0.25, 0.3) is 0 Å². The first-order chi connectivity index (χ1) is 9.20. The third-order valence-corrected chi connectivity index (χ3v) is 4.17. The molecular weight excluding hydrogens is 302 g/mol. The average Bonchev–Trinajstić information content (AvgIpc) is 2.40. The number of hydrogen-bond acceptors (Lipinski definition) is 3. The highest BCUT2D eigenvalue weighted by atomic mass is 79.9. The number of piperidine rings is 1. The van der Waals surface area contributed by atoms with Gasteiger partial charge in [0.1, 0.15) is 6.07 Å². The van der Waals surface area contributed by atoms with E-state index in [2.05, 4.69) is 39.1 Å². The lowest BCUT2D eigenvalue weighted by Gasteiger charge is -2.29. The first-order valence-electron chi connectivity index (χ1n) is 6.88. The summed E-state index contributed by atoms with van der Waals surface area (Å²) in [5.74, 6) is 0. The quantitative estimate of drug-likeness (QED) is 0.920. The summed E-state index contributed by atoms with van der Waals surface area (Å²) >= 11 is 3.42. The summed E-state index contributed by atoms with van der Waals surface area (Å²) in [4.78, 5) is 2.51. The van der Waals surface area contributed by atoms with E-state index >= 15 is 0 Å². The molecule has 1 atom stereocenters. The van der Waals surface area contributed by atoms with Crippen molar-refractivity contribution in [1.29, 1.82) is 5.26 Å². The molecule has 0 bridgehead atoms. The SMILES string of the molecule is CC(CN1CCCCC1)Nc1cccc(Br)c1C#N. The van der Waals surface area contributed by atoms with Crippen molar-refractivity contribution in [2.75, 3.05) is 25.0 Å². The van der Waals surface area contributed by atoms with E-state index in [1.54, 1.807) is 0 Å². The Hall–Kier alpha value is -1.05. The Kier molecular flexibility index (Phi) is 5.24. The molecule has 3 nitrogen and oxygen atoms in total. The fraction of sp³-hybridized carbons (Fsp3) is 0.533. The lowest BCUT2D eigenvalue weighted by Crippen LogP contribution is -2.38. The van der Waals surface area contributed by atoms with Crippen LogP contribution in [0, 0.1) is 11.3 Å². The van der Waals surface area contributed by atoms with E-state index in [4.69, 9.17) is 0 Å². The van der Waals surface area contributed by atoms with Crippen LogP contribution in [0.2, 0.25) is 0 Å². The van der Waals surface area contributed by atoms with Gasteiger partial charge >= 0.3 is 0 Å². The van der Waals surface area contributed by atoms with Gasteiger partial charge in [-0.15, -0.1) is 0 Å². The number of hydrogen-bond donors (Lipinski definition) is 1. The second-order valence-corrected chi connectivity index (χ2v) is 6.04. The largest absolute Gasteiger partial charge is 0.380 e. The summed E-state index contributed by atoms with van der Waals surface area (Å²) < 4.78 is 0.852. The van der Waals surface area contributed by atoms with E-state index in [9.17, 15) is 5.26 Å². The van der Waals surface area contributed by atoms with Crippen LogP contribution >= 0.6 is 15.9 Å². The summed E-state index contributed by atoms with van der Waals surface area (Å²) in [6, 6.07) is 8.43. The Morgan fingerprint density at radius 3 is 2.79 bits per heavy atom. The standard InChI is InChI=1S/C15H20BrN3/c1-12(11-19-8-3-2-4-9-19)18-15-7-5-6-14(16)13(15)10-17/h5-7,12,18H,2-4,8-9,11H2,1H3. The van der Waals surface area contributed by atoms with Crippen molar-refractivity contribution in [2.45, 2.75) is 32.2 Å². The molecule has 0 amide bonds. The summed E-state index contributed by atoms with van der Waals surface area (Å²) in [5, 5.41) is 12.7. The molecule has 1 aromatic rings. The lowest BCUT2D eigenvalue weighted by molar-refractivity contribution is 0.223. The topological polar surface area (TPSA) is 39.1 Å². The molecule has 1 fully saturated rings. The molecule has 0 aliphatic carbocycles. The first-order valence-corrected chi connectivity index (χ1v) is 7.67. The van der Waals surface area contributed by atoms with Gasteiger partial charge in [-0.2, -0.15) is 5.26 Å². The highest BCUT2D eigenvalue weighted by Crippen LogP contribution is 2.24. The van der Waals surface area contributed by atoms with E-state index in [0.717, 1.165) is 16.7 Å². The van der Waals surface area contributed by atoms with E-state index < -0.39 is 0 Å². The average molecular weight is 322 g/mol. The monoisotopic (exact) mass is 321 g/mol. The Morgan fingerprint density at radius 2 is 2.11 bits per heavy atom. The minimum absolute atomic E-state index is 0.347. The highest BCUT2D eigenvalue weighted by Gasteiger charge is 2.14. The third-order valence-electron chi connectivity index (χ3n) is 3.51. The number of nitrogens with zero attached hydrogens (tertiary/aromatic N) is 2. The van der Waals surface area contributed by atoms with Crippen LogP contribution in [0.15, 0.2) is 22.7 Å². The molecule has 0 spiro atoms. The number of benzene rings is 1. The number of likely N-dealkylation sites (tertiary alicyclic amines) is 1. The van der Waals surface area contributed by atoms with Crippen molar-refractivity contribution in [3.05, 3.63) is 28.2 Å². The third kappa shape index (κ3) is 3.95. The van der Waals surface area contributed by atoms with Crippen LogP contribution in [0.1, 0.15) is 31.7 Å². The van der Waals surface area contributed by atoms with Crippen molar-refractivity contribution in [1.82, 2.24) is 4.90 Å². The van der Waals surface area contributed by atoms with Gasteiger partial charge in [-0.25, -0.2) is 0 Å². The number of halogens is 1. The maximum atomic E-state index is 9.20. The first kappa shape index (κ1) is 14.4. The minimum Gasteiger partial charge on any atom is -0.380 e. The fourth-order valence-corrected chi connectivity index (χ4v) is 3.05. The van der Waals surface area contributed by atoms with Crippen molar-refractivity contribution in [3.8, 4) is 6.07 Å². The predicted molar refractivity (Wildman–Crippen MR) is 82.2 cm³/mol. The molecule has 1 aliphatic rings. The molecule has 4 heteroatoms. The lowest BCUT2D eigenvalue weighted by atomic mass is 10.1. The zero-order valence-corrected chi connectivity index (χ0v) is 12.9. The number of nitrogens with one attached hydrogen (secondary N) is 1. The number of anilines is 1. The van der Waals surface area contributed by atoms with Gasteiger partial charge in [-0.05, 0) is 60.9 Å². The van der Waals surface area contributed by atoms with Gasteiger partial charge in [0.05, 0.1) is 11.3 Å². The Morgan fingerprint density at radius 1 is 1.37 bits per heavy atom. The van der Waals surface area contributed by atoms with Crippen LogP contribution in [-0.2, 0) is 0 Å². The molecule has 19 heavy (non-hydrogen) atoms. The maximum Gasteiger partial charge on any atom is 0.103 e. The van der Waals surface area contributed by atoms with Crippen molar-refractivity contribution >= 4 is 21.6 Å². The van der Waals surface area contributed by atoms with Gasteiger partial charge in [0.2, 0.25) is 0 Å². The molecule has 1 heterocycles. The van der Waals surface area contributed by atoms with Crippen LogP contribution < -0.4 is 5.32 Å². The van der Waals surface area contributed by atoms with Gasteiger partial charge in [0, 0.05) is 17.1 Å². The molecule has 0 radical (unpaired) electrons. The van der Waals surface area contributed by atoms with Crippen LogP contribution in [0.4, 0.5) is 5.69 Å². The second-order valence-electron chi connectivity index (χ2n) is 5.18. The van der Waals surface area contributed by atoms with Crippen LogP contribution in [0.5, 0.6) is 0 Å². The Labute approximate surface area is 123 Å². The highest BCUT2D eigenvalue weighted by molar-refractivity contribution is 9.10. The van der Waals surface area contributed by atoms with Gasteiger partial charge in [-0.3, -0.25) is 0 Å².